The maximum Gasteiger partial charge on any atom is 0.407 e. The summed E-state index contributed by atoms with van der Waals surface area (Å²) in [5.41, 5.74) is 0.0540. The Hall–Kier alpha value is -3.13. The number of nitrogens with one attached hydrogen (secondary N) is 3. The number of halogens is 2. The van der Waals surface area contributed by atoms with Crippen molar-refractivity contribution >= 4 is 40.9 Å². The second kappa shape index (κ2) is 10.1. The number of ether oxygens (including phenoxy) is 1. The molecule has 2 rings (SSSR count). The van der Waals surface area contributed by atoms with Gasteiger partial charge in [0.05, 0.1) is 10.6 Å². The molecule has 0 aliphatic carbocycles. The van der Waals surface area contributed by atoms with Crippen LogP contribution in [0.2, 0.25) is 5.02 Å². The largest absolute Gasteiger partial charge is 0.444 e. The van der Waals surface area contributed by atoms with E-state index in [9.17, 15) is 18.8 Å². The van der Waals surface area contributed by atoms with E-state index in [2.05, 4.69) is 16.0 Å². The summed E-state index contributed by atoms with van der Waals surface area (Å²) in [6.07, 6.45) is -0.533. The minimum atomic E-state index is -0.719. The number of alkyl carbamates (subject to hydrolysis) is 1. The van der Waals surface area contributed by atoms with Gasteiger partial charge in [0.1, 0.15) is 11.4 Å². The van der Waals surface area contributed by atoms with Crippen LogP contribution >= 0.6 is 11.6 Å². The number of amides is 3. The van der Waals surface area contributed by atoms with E-state index >= 15 is 0 Å². The topological polar surface area (TPSA) is 96.5 Å². The monoisotopic (exact) mass is 435 g/mol. The third-order valence-electron chi connectivity index (χ3n) is 3.64. The highest BCUT2D eigenvalue weighted by Gasteiger charge is 2.17. The molecule has 0 atom stereocenters. The Morgan fingerprint density at radius 2 is 1.60 bits per heavy atom. The summed E-state index contributed by atoms with van der Waals surface area (Å²) < 4.78 is 18.9. The summed E-state index contributed by atoms with van der Waals surface area (Å²) in [6, 6.07) is 10.3. The smallest absolute Gasteiger partial charge is 0.407 e. The highest BCUT2D eigenvalue weighted by Crippen LogP contribution is 2.21. The van der Waals surface area contributed by atoms with Crippen LogP contribution in [0.5, 0.6) is 0 Å². The Kier molecular flexibility index (Phi) is 7.77. The zero-order valence-electron chi connectivity index (χ0n) is 16.8. The molecular formula is C21H23ClFN3O4. The fraction of sp³-hybridized carbons (Fsp3) is 0.286. The van der Waals surface area contributed by atoms with Crippen LogP contribution in [0, 0.1) is 5.82 Å². The number of hydrogen-bond acceptors (Lipinski definition) is 4. The average molecular weight is 436 g/mol. The molecule has 0 saturated heterocycles. The van der Waals surface area contributed by atoms with Crippen LogP contribution in [-0.4, -0.2) is 30.1 Å². The molecule has 160 valence electrons. The molecule has 0 saturated carbocycles. The number of anilines is 2. The van der Waals surface area contributed by atoms with Gasteiger partial charge in [-0.25, -0.2) is 9.18 Å². The quantitative estimate of drug-likeness (QED) is 0.618. The van der Waals surface area contributed by atoms with Crippen LogP contribution in [0.4, 0.5) is 20.6 Å². The van der Waals surface area contributed by atoms with Gasteiger partial charge in [-0.05, 0) is 57.2 Å². The summed E-state index contributed by atoms with van der Waals surface area (Å²) >= 11 is 5.88. The molecule has 0 radical (unpaired) electrons. The highest BCUT2D eigenvalue weighted by molar-refractivity contribution is 6.34. The molecule has 0 aliphatic rings. The number of carbonyl (C=O) groups is 3. The Morgan fingerprint density at radius 1 is 1.00 bits per heavy atom. The molecule has 2 aromatic rings. The van der Waals surface area contributed by atoms with Gasteiger partial charge in [0.25, 0.3) is 5.91 Å². The molecule has 2 aromatic carbocycles. The molecule has 0 unspecified atom stereocenters. The van der Waals surface area contributed by atoms with Gasteiger partial charge in [-0.15, -0.1) is 0 Å². The SMILES string of the molecule is CC(C)(C)OC(=O)NCCC(=O)Nc1ccc(NC(=O)c2c(F)cccc2Cl)cc1. The lowest BCUT2D eigenvalue weighted by Crippen LogP contribution is -2.34. The molecule has 0 spiro atoms. The van der Waals surface area contributed by atoms with Gasteiger partial charge in [-0.2, -0.15) is 0 Å². The third kappa shape index (κ3) is 7.36. The van der Waals surface area contributed by atoms with Gasteiger partial charge in [-0.1, -0.05) is 17.7 Å². The Balaban J connectivity index is 1.83. The number of rotatable bonds is 6. The van der Waals surface area contributed by atoms with Crippen LogP contribution < -0.4 is 16.0 Å². The van der Waals surface area contributed by atoms with Crippen molar-refractivity contribution in [3.05, 3.63) is 58.9 Å². The number of carbonyl (C=O) groups excluding carboxylic acids is 3. The fourth-order valence-electron chi connectivity index (χ4n) is 2.36. The molecule has 3 N–H and O–H groups in total. The first-order valence-electron chi connectivity index (χ1n) is 9.17. The van der Waals surface area contributed by atoms with Gasteiger partial charge < -0.3 is 20.7 Å². The van der Waals surface area contributed by atoms with E-state index in [1.54, 1.807) is 45.0 Å². The first-order valence-corrected chi connectivity index (χ1v) is 9.55. The zero-order valence-corrected chi connectivity index (χ0v) is 17.6. The van der Waals surface area contributed by atoms with E-state index in [1.165, 1.54) is 12.1 Å². The van der Waals surface area contributed by atoms with Crippen molar-refractivity contribution in [2.75, 3.05) is 17.2 Å². The second-order valence-corrected chi connectivity index (χ2v) is 7.76. The van der Waals surface area contributed by atoms with Crippen molar-refractivity contribution in [3.63, 3.8) is 0 Å². The average Bonchev–Trinajstić information content (AvgIpc) is 2.61. The lowest BCUT2D eigenvalue weighted by atomic mass is 10.2. The second-order valence-electron chi connectivity index (χ2n) is 7.35. The van der Waals surface area contributed by atoms with Crippen LogP contribution in [0.1, 0.15) is 37.6 Å². The van der Waals surface area contributed by atoms with Crippen LogP contribution in [-0.2, 0) is 9.53 Å². The summed E-state index contributed by atoms with van der Waals surface area (Å²) in [7, 11) is 0. The zero-order chi connectivity index (χ0) is 22.3. The molecule has 0 aromatic heterocycles. The van der Waals surface area contributed by atoms with E-state index < -0.39 is 23.4 Å². The molecule has 0 fully saturated rings. The maximum absolute atomic E-state index is 13.8. The van der Waals surface area contributed by atoms with Crippen molar-refractivity contribution in [1.82, 2.24) is 5.32 Å². The molecule has 3 amide bonds. The predicted octanol–water partition coefficient (Wildman–Crippen LogP) is 4.58. The fourth-order valence-corrected chi connectivity index (χ4v) is 2.61. The van der Waals surface area contributed by atoms with Crippen molar-refractivity contribution in [3.8, 4) is 0 Å². The molecule has 0 heterocycles. The number of hydrogen-bond donors (Lipinski definition) is 3. The summed E-state index contributed by atoms with van der Waals surface area (Å²) in [4.78, 5) is 35.7. The van der Waals surface area contributed by atoms with Gasteiger partial charge >= 0.3 is 6.09 Å². The molecule has 0 aliphatic heterocycles. The van der Waals surface area contributed by atoms with Gasteiger partial charge in [0.2, 0.25) is 5.91 Å². The van der Waals surface area contributed by atoms with Crippen LogP contribution in [0.25, 0.3) is 0 Å². The first-order chi connectivity index (χ1) is 14.0. The summed E-state index contributed by atoms with van der Waals surface area (Å²) in [5.74, 6) is -1.70. The maximum atomic E-state index is 13.8. The number of benzene rings is 2. The Morgan fingerprint density at radius 3 is 2.17 bits per heavy atom. The van der Waals surface area contributed by atoms with Crippen LogP contribution in [0.15, 0.2) is 42.5 Å². The van der Waals surface area contributed by atoms with Gasteiger partial charge in [0.15, 0.2) is 0 Å². The molecule has 0 bridgehead atoms. The summed E-state index contributed by atoms with van der Waals surface area (Å²) in [5, 5.41) is 7.73. The third-order valence-corrected chi connectivity index (χ3v) is 3.95. The lowest BCUT2D eigenvalue weighted by Gasteiger charge is -2.19. The van der Waals surface area contributed by atoms with E-state index in [-0.39, 0.29) is 29.5 Å². The van der Waals surface area contributed by atoms with Crippen molar-refractivity contribution < 1.29 is 23.5 Å². The van der Waals surface area contributed by atoms with Crippen molar-refractivity contribution in [2.24, 2.45) is 0 Å². The standard InChI is InChI=1S/C21H23ClFN3O4/c1-21(2,3)30-20(29)24-12-11-17(27)25-13-7-9-14(10-8-13)26-19(28)18-15(22)5-4-6-16(18)23/h4-10H,11-12H2,1-3H3,(H,24,29)(H,25,27)(H,26,28). The summed E-state index contributed by atoms with van der Waals surface area (Å²) in [6.45, 7) is 5.36. The van der Waals surface area contributed by atoms with E-state index in [0.29, 0.717) is 11.4 Å². The minimum absolute atomic E-state index is 0.0105. The molecule has 9 heteroatoms. The molecule has 7 nitrogen and oxygen atoms in total. The Bertz CT molecular complexity index is 907. The first kappa shape index (κ1) is 23.2. The van der Waals surface area contributed by atoms with Gasteiger partial charge in [0, 0.05) is 24.3 Å². The minimum Gasteiger partial charge on any atom is -0.444 e. The van der Waals surface area contributed by atoms with Crippen molar-refractivity contribution in [1.29, 1.82) is 0 Å². The lowest BCUT2D eigenvalue weighted by molar-refractivity contribution is -0.116. The molecular weight excluding hydrogens is 413 g/mol. The van der Waals surface area contributed by atoms with Crippen LogP contribution in [0.3, 0.4) is 0 Å². The van der Waals surface area contributed by atoms with E-state index in [1.807, 2.05) is 0 Å². The van der Waals surface area contributed by atoms with Gasteiger partial charge in [-0.3, -0.25) is 9.59 Å². The van der Waals surface area contributed by atoms with Crippen molar-refractivity contribution in [2.45, 2.75) is 32.8 Å². The highest BCUT2D eigenvalue weighted by atomic mass is 35.5. The Labute approximate surface area is 178 Å². The molecule has 30 heavy (non-hydrogen) atoms. The van der Waals surface area contributed by atoms with E-state index in [4.69, 9.17) is 16.3 Å². The normalized spacial score (nSPS) is 10.8. The predicted molar refractivity (Wildman–Crippen MR) is 113 cm³/mol. The van der Waals surface area contributed by atoms with E-state index in [0.717, 1.165) is 6.07 Å².